The molecule has 4 rings (SSSR count). The summed E-state index contributed by atoms with van der Waals surface area (Å²) in [7, 11) is 0. The second-order valence-electron chi connectivity index (χ2n) is 5.90. The number of hydrogen-bond acceptors (Lipinski definition) is 4. The Morgan fingerprint density at radius 1 is 1.23 bits per heavy atom. The Morgan fingerprint density at radius 3 is 2.62 bits per heavy atom. The number of hydrogen-bond donors (Lipinski definition) is 1. The zero-order chi connectivity index (χ0) is 18.5. The smallest absolute Gasteiger partial charge is 0.302 e. The molecule has 0 saturated heterocycles. The number of benzene rings is 1. The zero-order valence-electron chi connectivity index (χ0n) is 13.6. The predicted octanol–water partition coefficient (Wildman–Crippen LogP) is 4.07. The first-order valence-electron chi connectivity index (χ1n) is 7.87. The fourth-order valence-corrected chi connectivity index (χ4v) is 4.17. The second kappa shape index (κ2) is 5.94. The molecule has 1 aliphatic carbocycles. The molecule has 2 heterocycles. The third-order valence-electron chi connectivity index (χ3n) is 4.06. The van der Waals surface area contributed by atoms with Gasteiger partial charge in [-0.15, -0.1) is 0 Å². The Kier molecular flexibility index (Phi) is 3.83. The van der Waals surface area contributed by atoms with Crippen molar-refractivity contribution in [3.63, 3.8) is 0 Å². The van der Waals surface area contributed by atoms with Gasteiger partial charge in [0.25, 0.3) is 0 Å². The number of carbonyl (C=O) groups excluding carboxylic acids is 1. The lowest BCUT2D eigenvalue weighted by molar-refractivity contribution is -0.142. The van der Waals surface area contributed by atoms with Crippen molar-refractivity contribution >= 4 is 22.4 Å². The van der Waals surface area contributed by atoms with E-state index in [-0.39, 0.29) is 17.9 Å². The largest absolute Gasteiger partial charge is 0.435 e. The number of nitrogens with zero attached hydrogens (tertiary/aromatic N) is 3. The molecule has 0 radical (unpaired) electrons. The topological polar surface area (TPSA) is 59.8 Å². The van der Waals surface area contributed by atoms with Crippen molar-refractivity contribution in [2.45, 2.75) is 25.9 Å². The van der Waals surface area contributed by atoms with Gasteiger partial charge in [-0.1, -0.05) is 29.5 Å². The molecule has 1 N–H and O–H groups in total. The highest BCUT2D eigenvalue weighted by Gasteiger charge is 2.41. The molecule has 0 unspecified atom stereocenters. The van der Waals surface area contributed by atoms with E-state index < -0.39 is 11.9 Å². The molecular weight excluding hydrogens is 365 g/mol. The minimum absolute atomic E-state index is 0.173. The van der Waals surface area contributed by atoms with Gasteiger partial charge in [-0.2, -0.15) is 18.3 Å². The van der Waals surface area contributed by atoms with E-state index in [2.05, 4.69) is 15.4 Å². The fraction of sp³-hybridized carbons (Fsp3) is 0.235. The number of para-hydroxylation sites is 1. The van der Waals surface area contributed by atoms with Crippen LogP contribution < -0.4 is 5.32 Å². The number of aryl methyl sites for hydroxylation is 1. The van der Waals surface area contributed by atoms with Gasteiger partial charge in [-0.05, 0) is 25.0 Å². The molecule has 0 bridgehead atoms. The maximum atomic E-state index is 13.5. The molecule has 0 spiro atoms. The minimum atomic E-state index is -4.53. The number of amides is 1. The molecule has 9 heteroatoms. The summed E-state index contributed by atoms with van der Waals surface area (Å²) in [5.74, 6) is -0.274. The van der Waals surface area contributed by atoms with E-state index in [9.17, 15) is 18.0 Å². The van der Waals surface area contributed by atoms with Crippen molar-refractivity contribution in [1.29, 1.82) is 0 Å². The molecular formula is C17H13F3N4OS. The van der Waals surface area contributed by atoms with Crippen molar-refractivity contribution < 1.29 is 18.0 Å². The van der Waals surface area contributed by atoms with Gasteiger partial charge in [-0.3, -0.25) is 4.79 Å². The number of thiazole rings is 1. The quantitative estimate of drug-likeness (QED) is 0.731. The van der Waals surface area contributed by atoms with Crippen LogP contribution in [0.25, 0.3) is 16.3 Å². The summed E-state index contributed by atoms with van der Waals surface area (Å²) >= 11 is 1.17. The van der Waals surface area contributed by atoms with Crippen molar-refractivity contribution in [2.24, 2.45) is 0 Å². The molecule has 0 fully saturated rings. The Morgan fingerprint density at radius 2 is 1.96 bits per heavy atom. The molecule has 3 aromatic rings. The van der Waals surface area contributed by atoms with Gasteiger partial charge in [0.1, 0.15) is 0 Å². The Bertz CT molecular complexity index is 992. The summed E-state index contributed by atoms with van der Waals surface area (Å²) in [6, 6.07) is 8.69. The van der Waals surface area contributed by atoms with E-state index in [0.717, 1.165) is 0 Å². The molecule has 0 atom stereocenters. The molecule has 0 aliphatic heterocycles. The maximum absolute atomic E-state index is 13.5. The number of carbonyl (C=O) groups is 1. The van der Waals surface area contributed by atoms with Gasteiger partial charge in [0.05, 0.1) is 22.0 Å². The van der Waals surface area contributed by atoms with Crippen LogP contribution in [0.2, 0.25) is 0 Å². The van der Waals surface area contributed by atoms with Crippen LogP contribution in [0.15, 0.2) is 30.3 Å². The highest BCUT2D eigenvalue weighted by Crippen LogP contribution is 2.45. The van der Waals surface area contributed by atoms with Crippen LogP contribution in [-0.4, -0.2) is 20.7 Å². The molecule has 134 valence electrons. The first kappa shape index (κ1) is 16.8. The van der Waals surface area contributed by atoms with Crippen LogP contribution >= 0.6 is 11.3 Å². The lowest BCUT2D eigenvalue weighted by Crippen LogP contribution is -2.11. The number of alkyl halides is 3. The lowest BCUT2D eigenvalue weighted by atomic mass is 9.97. The standard InChI is InChI=1S/C17H13F3N4OS/c1-9(25)21-16-22-12-8-7-11-13(14(12)26-16)24(10-5-3-2-4-6-10)23-15(11)17(18,19)20/h2-6H,7-8H2,1H3,(H,21,22,25). The summed E-state index contributed by atoms with van der Waals surface area (Å²) in [5.41, 5.74) is 0.931. The summed E-state index contributed by atoms with van der Waals surface area (Å²) < 4.78 is 41.9. The summed E-state index contributed by atoms with van der Waals surface area (Å²) in [5, 5.41) is 6.87. The summed E-state index contributed by atoms with van der Waals surface area (Å²) in [6.45, 7) is 1.36. The Balaban J connectivity index is 1.95. The molecule has 1 aromatic carbocycles. The monoisotopic (exact) mass is 378 g/mol. The third-order valence-corrected chi connectivity index (χ3v) is 5.08. The van der Waals surface area contributed by atoms with Crippen molar-refractivity contribution in [3.8, 4) is 16.3 Å². The SMILES string of the molecule is CC(=O)Nc1nc2c(s1)-c1c(c(C(F)(F)F)nn1-c1ccccc1)CC2. The van der Waals surface area contributed by atoms with Gasteiger partial charge < -0.3 is 5.32 Å². The van der Waals surface area contributed by atoms with Gasteiger partial charge in [0.15, 0.2) is 10.8 Å². The van der Waals surface area contributed by atoms with Gasteiger partial charge >= 0.3 is 6.18 Å². The van der Waals surface area contributed by atoms with E-state index in [1.54, 1.807) is 30.3 Å². The van der Waals surface area contributed by atoms with E-state index in [4.69, 9.17) is 0 Å². The summed E-state index contributed by atoms with van der Waals surface area (Å²) in [6.07, 6.45) is -3.96. The molecule has 5 nitrogen and oxygen atoms in total. The average Bonchev–Trinajstić information content (AvgIpc) is 3.14. The Labute approximate surface area is 150 Å². The van der Waals surface area contributed by atoms with Crippen LogP contribution in [0, 0.1) is 0 Å². The highest BCUT2D eigenvalue weighted by atomic mass is 32.1. The van der Waals surface area contributed by atoms with Crippen LogP contribution in [0.3, 0.4) is 0 Å². The van der Waals surface area contributed by atoms with Gasteiger partial charge in [-0.25, -0.2) is 9.67 Å². The normalized spacial score (nSPS) is 13.2. The van der Waals surface area contributed by atoms with Crippen molar-refractivity contribution in [1.82, 2.24) is 14.8 Å². The van der Waals surface area contributed by atoms with E-state index in [1.165, 1.54) is 22.9 Å². The Hall–Kier alpha value is -2.68. The number of rotatable bonds is 2. The van der Waals surface area contributed by atoms with Crippen molar-refractivity contribution in [2.75, 3.05) is 5.32 Å². The van der Waals surface area contributed by atoms with Crippen LogP contribution in [-0.2, 0) is 23.8 Å². The van der Waals surface area contributed by atoms with E-state index in [1.807, 2.05) is 0 Å². The highest BCUT2D eigenvalue weighted by molar-refractivity contribution is 7.19. The second-order valence-corrected chi connectivity index (χ2v) is 6.90. The van der Waals surface area contributed by atoms with Crippen molar-refractivity contribution in [3.05, 3.63) is 47.3 Å². The predicted molar refractivity (Wildman–Crippen MR) is 91.4 cm³/mol. The van der Waals surface area contributed by atoms with Gasteiger partial charge in [0, 0.05) is 12.5 Å². The van der Waals surface area contributed by atoms with E-state index >= 15 is 0 Å². The fourth-order valence-electron chi connectivity index (χ4n) is 3.06. The minimum Gasteiger partial charge on any atom is -0.302 e. The molecule has 2 aromatic heterocycles. The zero-order valence-corrected chi connectivity index (χ0v) is 14.4. The first-order chi connectivity index (χ1) is 12.3. The molecule has 0 saturated carbocycles. The van der Waals surface area contributed by atoms with Gasteiger partial charge in [0.2, 0.25) is 5.91 Å². The number of aromatic nitrogens is 3. The van der Waals surface area contributed by atoms with E-state index in [0.29, 0.717) is 33.5 Å². The third kappa shape index (κ3) is 2.78. The average molecular weight is 378 g/mol. The lowest BCUT2D eigenvalue weighted by Gasteiger charge is -2.14. The maximum Gasteiger partial charge on any atom is 0.435 e. The number of anilines is 1. The summed E-state index contributed by atoms with van der Waals surface area (Å²) in [4.78, 5) is 16.3. The van der Waals surface area contributed by atoms with Crippen LogP contribution in [0.4, 0.5) is 18.3 Å². The molecule has 1 amide bonds. The number of halogens is 3. The molecule has 26 heavy (non-hydrogen) atoms. The first-order valence-corrected chi connectivity index (χ1v) is 8.68. The van der Waals surface area contributed by atoms with Crippen LogP contribution in [0.5, 0.6) is 0 Å². The number of fused-ring (bicyclic) bond motifs is 3. The van der Waals surface area contributed by atoms with Crippen LogP contribution in [0.1, 0.15) is 23.9 Å². The number of nitrogens with one attached hydrogen (secondary N) is 1. The molecule has 1 aliphatic rings.